The van der Waals surface area contributed by atoms with Crippen molar-refractivity contribution in [3.8, 4) is 5.69 Å². The van der Waals surface area contributed by atoms with Crippen molar-refractivity contribution in [2.75, 3.05) is 6.61 Å². The highest BCUT2D eigenvalue weighted by atomic mass is 16.5. The van der Waals surface area contributed by atoms with Crippen LogP contribution in [-0.2, 0) is 9.53 Å². The van der Waals surface area contributed by atoms with Crippen molar-refractivity contribution in [1.29, 1.82) is 0 Å². The predicted molar refractivity (Wildman–Crippen MR) is 93.2 cm³/mol. The zero-order valence-corrected chi connectivity index (χ0v) is 14.6. The number of nitrogens with one attached hydrogen (secondary N) is 1. The van der Waals surface area contributed by atoms with E-state index in [2.05, 4.69) is 16.5 Å². The monoisotopic (exact) mass is 327 g/mol. The Labute approximate surface area is 143 Å². The Morgan fingerprint density at radius 3 is 2.71 bits per heavy atom. The van der Waals surface area contributed by atoms with Crippen molar-refractivity contribution in [2.45, 2.75) is 52.2 Å². The lowest BCUT2D eigenvalue weighted by Gasteiger charge is -2.16. The molecule has 0 spiro atoms. The molecule has 1 aliphatic rings. The van der Waals surface area contributed by atoms with Crippen LogP contribution in [0.3, 0.4) is 0 Å². The summed E-state index contributed by atoms with van der Waals surface area (Å²) >= 11 is 0. The van der Waals surface area contributed by atoms with Crippen molar-refractivity contribution in [2.24, 2.45) is 0 Å². The number of hydrogen-bond acceptors (Lipinski definition) is 3. The first-order chi connectivity index (χ1) is 11.5. The largest absolute Gasteiger partial charge is 0.378 e. The molecule has 5 nitrogen and oxygen atoms in total. The first kappa shape index (κ1) is 16.7. The zero-order valence-electron chi connectivity index (χ0n) is 14.6. The van der Waals surface area contributed by atoms with Gasteiger partial charge in [0.05, 0.1) is 29.9 Å². The molecule has 0 saturated carbocycles. The van der Waals surface area contributed by atoms with Crippen molar-refractivity contribution in [3.63, 3.8) is 0 Å². The van der Waals surface area contributed by atoms with Crippen molar-refractivity contribution in [3.05, 3.63) is 47.3 Å². The highest BCUT2D eigenvalue weighted by Gasteiger charge is 2.20. The minimum Gasteiger partial charge on any atom is -0.378 e. The number of carbonyl (C=O) groups is 1. The van der Waals surface area contributed by atoms with Gasteiger partial charge < -0.3 is 10.1 Å². The van der Waals surface area contributed by atoms with Crippen LogP contribution in [0.15, 0.2) is 30.3 Å². The van der Waals surface area contributed by atoms with Crippen LogP contribution in [0.4, 0.5) is 0 Å². The summed E-state index contributed by atoms with van der Waals surface area (Å²) in [5.41, 5.74) is 4.23. The Morgan fingerprint density at radius 2 is 2.12 bits per heavy atom. The fourth-order valence-corrected chi connectivity index (χ4v) is 3.19. The van der Waals surface area contributed by atoms with Crippen molar-refractivity contribution < 1.29 is 9.53 Å². The summed E-state index contributed by atoms with van der Waals surface area (Å²) in [6.45, 7) is 6.82. The lowest BCUT2D eigenvalue weighted by Crippen LogP contribution is -2.29. The Hall–Kier alpha value is -2.14. The van der Waals surface area contributed by atoms with E-state index in [1.807, 2.05) is 49.7 Å². The van der Waals surface area contributed by atoms with Gasteiger partial charge in [-0.2, -0.15) is 5.10 Å². The highest BCUT2D eigenvalue weighted by molar-refractivity contribution is 5.77. The van der Waals surface area contributed by atoms with Gasteiger partial charge in [-0.1, -0.05) is 12.1 Å². The summed E-state index contributed by atoms with van der Waals surface area (Å²) in [6.07, 6.45) is 2.58. The molecule has 2 heterocycles. The summed E-state index contributed by atoms with van der Waals surface area (Å²) in [5, 5.41) is 7.55. The minimum absolute atomic E-state index is 0.0200. The lowest BCUT2D eigenvalue weighted by atomic mass is 10.1. The molecule has 1 fully saturated rings. The molecule has 3 rings (SSSR count). The highest BCUT2D eigenvalue weighted by Crippen LogP contribution is 2.19. The molecule has 1 amide bonds. The van der Waals surface area contributed by atoms with Gasteiger partial charge >= 0.3 is 0 Å². The molecule has 1 N–H and O–H groups in total. The van der Waals surface area contributed by atoms with Crippen LogP contribution in [0.5, 0.6) is 0 Å². The molecule has 128 valence electrons. The molecule has 0 aliphatic carbocycles. The fourth-order valence-electron chi connectivity index (χ4n) is 3.19. The van der Waals surface area contributed by atoms with E-state index in [-0.39, 0.29) is 18.1 Å². The number of aromatic nitrogens is 2. The Morgan fingerprint density at radius 1 is 1.38 bits per heavy atom. The smallest absolute Gasteiger partial charge is 0.223 e. The van der Waals surface area contributed by atoms with E-state index < -0.39 is 0 Å². The standard InChI is InChI=1S/C19H25N3O2/c1-13-11-14(2)22(21-13)17-8-6-16(7-9-17)15(3)20-19(23)12-18-5-4-10-24-18/h6-9,11,15,18H,4-5,10,12H2,1-3H3,(H,20,23)/t15-,18+/m0/s1. The number of hydrogen-bond donors (Lipinski definition) is 1. The van der Waals surface area contributed by atoms with E-state index in [4.69, 9.17) is 4.74 Å². The second-order valence-corrected chi connectivity index (χ2v) is 6.56. The number of rotatable bonds is 5. The fraction of sp³-hybridized carbons (Fsp3) is 0.474. The maximum Gasteiger partial charge on any atom is 0.223 e. The number of nitrogens with zero attached hydrogens (tertiary/aromatic N) is 2. The second kappa shape index (κ2) is 7.18. The first-order valence-corrected chi connectivity index (χ1v) is 8.57. The van der Waals surface area contributed by atoms with Crippen LogP contribution in [-0.4, -0.2) is 28.4 Å². The third-order valence-electron chi connectivity index (χ3n) is 4.46. The molecule has 1 saturated heterocycles. The summed E-state index contributed by atoms with van der Waals surface area (Å²) in [4.78, 5) is 12.1. The maximum atomic E-state index is 12.1. The summed E-state index contributed by atoms with van der Waals surface area (Å²) < 4.78 is 7.45. The SMILES string of the molecule is Cc1cc(C)n(-c2ccc([C@H](C)NC(=O)C[C@H]3CCCO3)cc2)n1. The second-order valence-electron chi connectivity index (χ2n) is 6.56. The molecule has 1 aliphatic heterocycles. The van der Waals surface area contributed by atoms with E-state index in [0.29, 0.717) is 6.42 Å². The molecule has 0 radical (unpaired) electrons. The number of ether oxygens (including phenoxy) is 1. The van der Waals surface area contributed by atoms with Gasteiger partial charge in [0.2, 0.25) is 5.91 Å². The van der Waals surface area contributed by atoms with Crippen LogP contribution < -0.4 is 5.32 Å². The van der Waals surface area contributed by atoms with E-state index in [9.17, 15) is 4.79 Å². The van der Waals surface area contributed by atoms with Crippen molar-refractivity contribution in [1.82, 2.24) is 15.1 Å². The summed E-state index contributed by atoms with van der Waals surface area (Å²) in [7, 11) is 0. The molecule has 2 atom stereocenters. The van der Waals surface area contributed by atoms with Crippen LogP contribution >= 0.6 is 0 Å². The number of benzene rings is 1. The van der Waals surface area contributed by atoms with Gasteiger partial charge in [0.15, 0.2) is 0 Å². The predicted octanol–water partition coefficient (Wildman–Crippen LogP) is 3.24. The number of amides is 1. The normalized spacial score (nSPS) is 18.5. The van der Waals surface area contributed by atoms with Crippen LogP contribution in [0.25, 0.3) is 5.69 Å². The molecule has 1 aromatic heterocycles. The lowest BCUT2D eigenvalue weighted by molar-refractivity contribution is -0.123. The van der Waals surface area contributed by atoms with Crippen LogP contribution in [0.1, 0.15) is 49.2 Å². The quantitative estimate of drug-likeness (QED) is 0.917. The van der Waals surface area contributed by atoms with Gasteiger partial charge in [-0.15, -0.1) is 0 Å². The third-order valence-corrected chi connectivity index (χ3v) is 4.46. The molecule has 1 aromatic carbocycles. The number of aryl methyl sites for hydroxylation is 2. The summed E-state index contributed by atoms with van der Waals surface area (Å²) in [6, 6.07) is 10.2. The van der Waals surface area contributed by atoms with Gasteiger partial charge in [0.1, 0.15) is 0 Å². The van der Waals surface area contributed by atoms with E-state index in [0.717, 1.165) is 42.1 Å². The Bertz CT molecular complexity index is 700. The van der Waals surface area contributed by atoms with Gasteiger partial charge in [-0.25, -0.2) is 4.68 Å². The van der Waals surface area contributed by atoms with Crippen LogP contribution in [0, 0.1) is 13.8 Å². The minimum atomic E-state index is -0.0200. The Kier molecular flexibility index (Phi) is 5.00. The zero-order chi connectivity index (χ0) is 17.1. The van der Waals surface area contributed by atoms with E-state index >= 15 is 0 Å². The molecule has 5 heteroatoms. The summed E-state index contributed by atoms with van der Waals surface area (Å²) in [5.74, 6) is 0.0528. The maximum absolute atomic E-state index is 12.1. The molecule has 24 heavy (non-hydrogen) atoms. The first-order valence-electron chi connectivity index (χ1n) is 8.57. The molecular formula is C19H25N3O2. The van der Waals surface area contributed by atoms with Gasteiger partial charge in [0.25, 0.3) is 0 Å². The molecular weight excluding hydrogens is 302 g/mol. The van der Waals surface area contributed by atoms with Crippen LogP contribution in [0.2, 0.25) is 0 Å². The topological polar surface area (TPSA) is 56.2 Å². The molecule has 0 unspecified atom stereocenters. The van der Waals surface area contributed by atoms with Gasteiger partial charge in [-0.3, -0.25) is 4.79 Å². The van der Waals surface area contributed by atoms with Gasteiger partial charge in [0, 0.05) is 12.3 Å². The molecule has 0 bridgehead atoms. The average molecular weight is 327 g/mol. The van der Waals surface area contributed by atoms with E-state index in [1.54, 1.807) is 0 Å². The van der Waals surface area contributed by atoms with Crippen molar-refractivity contribution >= 4 is 5.91 Å². The van der Waals surface area contributed by atoms with E-state index in [1.165, 1.54) is 0 Å². The number of carbonyl (C=O) groups excluding carboxylic acids is 1. The van der Waals surface area contributed by atoms with Gasteiger partial charge in [-0.05, 0) is 57.4 Å². The molecule has 2 aromatic rings. The third kappa shape index (κ3) is 3.85. The average Bonchev–Trinajstić information content (AvgIpc) is 3.16. The Balaban J connectivity index is 1.62.